The third-order valence-corrected chi connectivity index (χ3v) is 3.03. The number of nitrogens with two attached hydrogens (primary N) is 1. The van der Waals surface area contributed by atoms with Crippen molar-refractivity contribution in [1.29, 1.82) is 0 Å². The average Bonchev–Trinajstić information content (AvgIpc) is 3.04. The summed E-state index contributed by atoms with van der Waals surface area (Å²) in [4.78, 5) is 12.3. The lowest BCUT2D eigenvalue weighted by Gasteiger charge is -1.92. The fourth-order valence-electron chi connectivity index (χ4n) is 2.04. The number of hydrogen-bond donors (Lipinski definition) is 1. The smallest absolute Gasteiger partial charge is 0.250 e. The molecule has 0 unspecified atom stereocenters. The van der Waals surface area contributed by atoms with Gasteiger partial charge in [-0.05, 0) is 25.1 Å². The van der Waals surface area contributed by atoms with Crippen LogP contribution in [0.5, 0.6) is 0 Å². The Morgan fingerprint density at radius 3 is 3.05 bits per heavy atom. The van der Waals surface area contributed by atoms with Crippen LogP contribution in [0.15, 0.2) is 34.9 Å². The zero-order chi connectivity index (χ0) is 14.1. The molecular weight excluding hydrogens is 256 g/mol. The summed E-state index contributed by atoms with van der Waals surface area (Å²) in [7, 11) is 0. The number of furan rings is 1. The van der Waals surface area contributed by atoms with Gasteiger partial charge in [0.05, 0.1) is 12.7 Å². The Hall–Kier alpha value is -2.47. The van der Waals surface area contributed by atoms with Gasteiger partial charge in [0.1, 0.15) is 5.58 Å². The zero-order valence-corrected chi connectivity index (χ0v) is 11.0. The standard InChI is InChI=1S/C14H14N4O2/c1-9-2-3-12-10(6-9)7-13(20-12)14(19)11-8-18(5-4-15)17-16-11/h2-3,6-8H,4-5,15H2,1H3. The number of ketones is 1. The van der Waals surface area contributed by atoms with Crippen LogP contribution in [0, 0.1) is 6.92 Å². The average molecular weight is 270 g/mol. The van der Waals surface area contributed by atoms with Crippen molar-refractivity contribution in [1.82, 2.24) is 15.0 Å². The molecule has 6 heteroatoms. The summed E-state index contributed by atoms with van der Waals surface area (Å²) in [5.41, 5.74) is 7.49. The number of rotatable bonds is 4. The lowest BCUT2D eigenvalue weighted by atomic mass is 10.1. The number of aryl methyl sites for hydroxylation is 1. The van der Waals surface area contributed by atoms with Gasteiger partial charge in [-0.15, -0.1) is 5.10 Å². The molecule has 102 valence electrons. The van der Waals surface area contributed by atoms with Gasteiger partial charge in [0, 0.05) is 11.9 Å². The van der Waals surface area contributed by atoms with E-state index in [0.29, 0.717) is 18.7 Å². The van der Waals surface area contributed by atoms with Crippen molar-refractivity contribution in [3.8, 4) is 0 Å². The Labute approximate surface area is 115 Å². The van der Waals surface area contributed by atoms with Crippen LogP contribution in [0.3, 0.4) is 0 Å². The highest BCUT2D eigenvalue weighted by Crippen LogP contribution is 2.22. The SMILES string of the molecule is Cc1ccc2oc(C(=O)c3cn(CCN)nn3)cc2c1. The Morgan fingerprint density at radius 2 is 2.25 bits per heavy atom. The summed E-state index contributed by atoms with van der Waals surface area (Å²) in [6.07, 6.45) is 1.58. The molecule has 2 N–H and O–H groups in total. The molecule has 1 aromatic carbocycles. The van der Waals surface area contributed by atoms with Crippen LogP contribution in [-0.2, 0) is 6.54 Å². The van der Waals surface area contributed by atoms with Gasteiger partial charge in [-0.2, -0.15) is 0 Å². The number of fused-ring (bicyclic) bond motifs is 1. The maximum absolute atomic E-state index is 12.3. The number of nitrogens with zero attached hydrogens (tertiary/aromatic N) is 3. The van der Waals surface area contributed by atoms with Gasteiger partial charge < -0.3 is 10.2 Å². The number of hydrogen-bond acceptors (Lipinski definition) is 5. The minimum absolute atomic E-state index is 0.259. The van der Waals surface area contributed by atoms with Gasteiger partial charge in [0.2, 0.25) is 5.78 Å². The molecule has 6 nitrogen and oxygen atoms in total. The zero-order valence-electron chi connectivity index (χ0n) is 11.0. The van der Waals surface area contributed by atoms with Crippen LogP contribution in [0.25, 0.3) is 11.0 Å². The van der Waals surface area contributed by atoms with Crippen molar-refractivity contribution in [2.75, 3.05) is 6.54 Å². The molecule has 2 aromatic heterocycles. The molecule has 0 saturated heterocycles. The van der Waals surface area contributed by atoms with Crippen LogP contribution in [0.2, 0.25) is 0 Å². The largest absolute Gasteiger partial charge is 0.453 e. The Bertz CT molecular complexity index is 772. The number of carbonyl (C=O) groups excluding carboxylic acids is 1. The van der Waals surface area contributed by atoms with Crippen molar-refractivity contribution in [2.45, 2.75) is 13.5 Å². The molecule has 0 radical (unpaired) electrons. The second-order valence-corrected chi connectivity index (χ2v) is 4.64. The van der Waals surface area contributed by atoms with E-state index in [1.54, 1.807) is 16.9 Å². The Morgan fingerprint density at radius 1 is 1.40 bits per heavy atom. The molecule has 0 bridgehead atoms. The lowest BCUT2D eigenvalue weighted by Crippen LogP contribution is -2.10. The van der Waals surface area contributed by atoms with E-state index >= 15 is 0 Å². The van der Waals surface area contributed by atoms with E-state index in [4.69, 9.17) is 10.2 Å². The maximum atomic E-state index is 12.3. The molecule has 0 saturated carbocycles. The van der Waals surface area contributed by atoms with E-state index in [1.807, 2.05) is 25.1 Å². The summed E-state index contributed by atoms with van der Waals surface area (Å²) in [5.74, 6) is -0.00692. The molecule has 3 aromatic rings. The molecule has 0 aliphatic carbocycles. The molecule has 0 atom stereocenters. The van der Waals surface area contributed by atoms with Crippen LogP contribution < -0.4 is 5.73 Å². The van der Waals surface area contributed by atoms with Crippen molar-refractivity contribution in [2.24, 2.45) is 5.73 Å². The second kappa shape index (κ2) is 4.90. The van der Waals surface area contributed by atoms with Gasteiger partial charge in [-0.3, -0.25) is 9.48 Å². The molecule has 0 fully saturated rings. The topological polar surface area (TPSA) is 86.9 Å². The van der Waals surface area contributed by atoms with Crippen molar-refractivity contribution in [3.63, 3.8) is 0 Å². The normalized spacial score (nSPS) is 11.1. The monoisotopic (exact) mass is 270 g/mol. The van der Waals surface area contributed by atoms with Crippen molar-refractivity contribution in [3.05, 3.63) is 47.5 Å². The first-order chi connectivity index (χ1) is 9.67. The lowest BCUT2D eigenvalue weighted by molar-refractivity contribution is 0.101. The molecule has 20 heavy (non-hydrogen) atoms. The fraction of sp³-hybridized carbons (Fsp3) is 0.214. The van der Waals surface area contributed by atoms with Gasteiger partial charge >= 0.3 is 0 Å². The first-order valence-electron chi connectivity index (χ1n) is 6.32. The van der Waals surface area contributed by atoms with E-state index in [-0.39, 0.29) is 17.2 Å². The van der Waals surface area contributed by atoms with E-state index < -0.39 is 0 Å². The summed E-state index contributed by atoms with van der Waals surface area (Å²) < 4.78 is 7.10. The van der Waals surface area contributed by atoms with E-state index in [1.165, 1.54) is 0 Å². The van der Waals surface area contributed by atoms with Crippen LogP contribution in [0.1, 0.15) is 21.8 Å². The minimum Gasteiger partial charge on any atom is -0.453 e. The predicted octanol–water partition coefficient (Wildman–Crippen LogP) is 1.52. The van der Waals surface area contributed by atoms with E-state index in [9.17, 15) is 4.79 Å². The molecule has 0 aliphatic heterocycles. The molecule has 0 spiro atoms. The van der Waals surface area contributed by atoms with E-state index in [2.05, 4.69) is 10.3 Å². The van der Waals surface area contributed by atoms with E-state index in [0.717, 1.165) is 10.9 Å². The maximum Gasteiger partial charge on any atom is 0.250 e. The van der Waals surface area contributed by atoms with Gasteiger partial charge in [-0.1, -0.05) is 16.8 Å². The Kier molecular flexibility index (Phi) is 3.08. The van der Waals surface area contributed by atoms with Crippen LogP contribution in [-0.4, -0.2) is 27.3 Å². The number of carbonyl (C=O) groups is 1. The van der Waals surface area contributed by atoms with Crippen molar-refractivity contribution >= 4 is 16.8 Å². The predicted molar refractivity (Wildman–Crippen MR) is 73.5 cm³/mol. The first kappa shape index (κ1) is 12.6. The summed E-state index contributed by atoms with van der Waals surface area (Å²) in [6, 6.07) is 7.50. The van der Waals surface area contributed by atoms with Crippen LogP contribution in [0.4, 0.5) is 0 Å². The molecule has 2 heterocycles. The fourth-order valence-corrected chi connectivity index (χ4v) is 2.04. The third-order valence-electron chi connectivity index (χ3n) is 3.03. The molecule has 0 amide bonds. The second-order valence-electron chi connectivity index (χ2n) is 4.64. The highest BCUT2D eigenvalue weighted by atomic mass is 16.3. The quantitative estimate of drug-likeness (QED) is 0.726. The highest BCUT2D eigenvalue weighted by molar-refractivity contribution is 6.07. The summed E-state index contributed by atoms with van der Waals surface area (Å²) in [6.45, 7) is 2.97. The Balaban J connectivity index is 1.94. The molecule has 3 rings (SSSR count). The van der Waals surface area contributed by atoms with Gasteiger partial charge in [0.25, 0.3) is 0 Å². The molecule has 0 aliphatic rings. The summed E-state index contributed by atoms with van der Waals surface area (Å²) in [5, 5.41) is 8.60. The minimum atomic E-state index is -0.276. The highest BCUT2D eigenvalue weighted by Gasteiger charge is 2.18. The molecular formula is C14H14N4O2. The first-order valence-corrected chi connectivity index (χ1v) is 6.32. The number of benzene rings is 1. The number of aromatic nitrogens is 3. The van der Waals surface area contributed by atoms with Crippen LogP contribution >= 0.6 is 0 Å². The third kappa shape index (κ3) is 2.21. The van der Waals surface area contributed by atoms with Crippen molar-refractivity contribution < 1.29 is 9.21 Å². The summed E-state index contributed by atoms with van der Waals surface area (Å²) >= 11 is 0. The van der Waals surface area contributed by atoms with Gasteiger partial charge in [0.15, 0.2) is 11.5 Å². The van der Waals surface area contributed by atoms with Gasteiger partial charge in [-0.25, -0.2) is 0 Å².